The molecule has 17 heavy (non-hydrogen) atoms. The van der Waals surface area contributed by atoms with E-state index in [4.69, 9.17) is 10.8 Å². The predicted octanol–water partition coefficient (Wildman–Crippen LogP) is 0.838. The van der Waals surface area contributed by atoms with Gasteiger partial charge in [-0.1, -0.05) is 13.8 Å². The van der Waals surface area contributed by atoms with E-state index in [-0.39, 0.29) is 18.4 Å². The normalized spacial score (nSPS) is 19.7. The second-order valence-corrected chi connectivity index (χ2v) is 5.51. The summed E-state index contributed by atoms with van der Waals surface area (Å²) < 4.78 is 0. The van der Waals surface area contributed by atoms with Gasteiger partial charge in [-0.2, -0.15) is 0 Å². The van der Waals surface area contributed by atoms with E-state index in [2.05, 4.69) is 13.8 Å². The zero-order chi connectivity index (χ0) is 12.8. The molecule has 1 fully saturated rings. The van der Waals surface area contributed by atoms with Gasteiger partial charge in [0.2, 0.25) is 5.91 Å². The zero-order valence-electron chi connectivity index (χ0n) is 11.1. The molecule has 0 saturated carbocycles. The topological polar surface area (TPSA) is 66.6 Å². The Bertz CT molecular complexity index is 236. The lowest BCUT2D eigenvalue weighted by molar-refractivity contribution is -0.137. The van der Waals surface area contributed by atoms with E-state index < -0.39 is 0 Å². The Labute approximate surface area is 104 Å². The number of rotatable bonds is 5. The Kier molecular flexibility index (Phi) is 5.92. The second kappa shape index (κ2) is 6.97. The van der Waals surface area contributed by atoms with Gasteiger partial charge in [-0.25, -0.2) is 0 Å². The van der Waals surface area contributed by atoms with E-state index in [1.54, 1.807) is 0 Å². The second-order valence-electron chi connectivity index (χ2n) is 5.51. The molecule has 0 aromatic carbocycles. The number of nitrogens with two attached hydrogens (primary N) is 1. The van der Waals surface area contributed by atoms with E-state index in [9.17, 15) is 4.79 Å². The Morgan fingerprint density at radius 1 is 1.41 bits per heavy atom. The first-order valence-corrected chi connectivity index (χ1v) is 6.68. The van der Waals surface area contributed by atoms with Gasteiger partial charge in [0.25, 0.3) is 0 Å². The van der Waals surface area contributed by atoms with Crippen molar-refractivity contribution in [1.29, 1.82) is 0 Å². The summed E-state index contributed by atoms with van der Waals surface area (Å²) in [7, 11) is 0. The van der Waals surface area contributed by atoms with Crippen LogP contribution in [-0.2, 0) is 4.79 Å². The highest BCUT2D eigenvalue weighted by Crippen LogP contribution is 2.20. The minimum Gasteiger partial charge on any atom is -0.396 e. The molecule has 1 aliphatic rings. The van der Waals surface area contributed by atoms with Crippen LogP contribution in [0.25, 0.3) is 0 Å². The predicted molar refractivity (Wildman–Crippen MR) is 68.4 cm³/mol. The van der Waals surface area contributed by atoms with Crippen LogP contribution in [0.1, 0.15) is 33.1 Å². The van der Waals surface area contributed by atoms with Crippen molar-refractivity contribution in [3.05, 3.63) is 0 Å². The van der Waals surface area contributed by atoms with Crippen LogP contribution in [0.5, 0.6) is 0 Å². The van der Waals surface area contributed by atoms with Gasteiger partial charge in [-0.3, -0.25) is 4.79 Å². The minimum atomic E-state index is -0.0272. The molecule has 3 N–H and O–H groups in total. The summed E-state index contributed by atoms with van der Waals surface area (Å²) in [5.41, 5.74) is 5.69. The Morgan fingerprint density at radius 3 is 2.41 bits per heavy atom. The molecular formula is C13H26N2O2. The van der Waals surface area contributed by atoms with E-state index in [0.29, 0.717) is 18.4 Å². The van der Waals surface area contributed by atoms with Gasteiger partial charge in [0.05, 0.1) is 5.92 Å². The monoisotopic (exact) mass is 242 g/mol. The summed E-state index contributed by atoms with van der Waals surface area (Å²) in [5.74, 6) is 1.06. The van der Waals surface area contributed by atoms with Crippen LogP contribution in [0.4, 0.5) is 0 Å². The van der Waals surface area contributed by atoms with Gasteiger partial charge in [-0.15, -0.1) is 0 Å². The molecule has 1 aliphatic heterocycles. The van der Waals surface area contributed by atoms with Crippen molar-refractivity contribution in [2.45, 2.75) is 33.1 Å². The molecule has 1 atom stereocenters. The molecule has 4 heteroatoms. The lowest BCUT2D eigenvalue weighted by Gasteiger charge is -2.33. The van der Waals surface area contributed by atoms with Crippen molar-refractivity contribution in [2.24, 2.45) is 23.5 Å². The van der Waals surface area contributed by atoms with Crippen molar-refractivity contribution in [1.82, 2.24) is 4.90 Å². The first-order chi connectivity index (χ1) is 8.08. The standard InChI is InChI=1S/C13H26N2O2/c1-10(2)7-12(8-14)13(17)15-5-3-11(9-16)4-6-15/h10-12,16H,3-9,14H2,1-2H3. The van der Waals surface area contributed by atoms with Crippen LogP contribution in [0.2, 0.25) is 0 Å². The first kappa shape index (κ1) is 14.5. The molecule has 0 spiro atoms. The molecule has 0 aliphatic carbocycles. The third-order valence-corrected chi connectivity index (χ3v) is 3.57. The van der Waals surface area contributed by atoms with Gasteiger partial charge < -0.3 is 15.7 Å². The Hall–Kier alpha value is -0.610. The Morgan fingerprint density at radius 2 is 2.00 bits per heavy atom. The zero-order valence-corrected chi connectivity index (χ0v) is 11.1. The summed E-state index contributed by atoms with van der Waals surface area (Å²) in [4.78, 5) is 14.2. The molecule has 0 aromatic rings. The molecule has 100 valence electrons. The molecule has 0 radical (unpaired) electrons. The number of carbonyl (C=O) groups excluding carboxylic acids is 1. The number of carbonyl (C=O) groups is 1. The molecule has 0 bridgehead atoms. The summed E-state index contributed by atoms with van der Waals surface area (Å²) >= 11 is 0. The molecule has 1 unspecified atom stereocenters. The average molecular weight is 242 g/mol. The molecule has 4 nitrogen and oxygen atoms in total. The third-order valence-electron chi connectivity index (χ3n) is 3.57. The number of likely N-dealkylation sites (tertiary alicyclic amines) is 1. The van der Waals surface area contributed by atoms with Crippen molar-refractivity contribution in [3.8, 4) is 0 Å². The van der Waals surface area contributed by atoms with Crippen molar-refractivity contribution in [3.63, 3.8) is 0 Å². The van der Waals surface area contributed by atoms with Crippen molar-refractivity contribution >= 4 is 5.91 Å². The van der Waals surface area contributed by atoms with Crippen LogP contribution in [0, 0.1) is 17.8 Å². The van der Waals surface area contributed by atoms with Gasteiger partial charge >= 0.3 is 0 Å². The van der Waals surface area contributed by atoms with Gasteiger partial charge in [-0.05, 0) is 31.1 Å². The highest BCUT2D eigenvalue weighted by molar-refractivity contribution is 5.79. The Balaban J connectivity index is 2.46. The van der Waals surface area contributed by atoms with E-state index in [1.807, 2.05) is 4.90 Å². The van der Waals surface area contributed by atoms with E-state index in [0.717, 1.165) is 32.4 Å². The van der Waals surface area contributed by atoms with Gasteiger partial charge in [0.15, 0.2) is 0 Å². The number of nitrogens with zero attached hydrogens (tertiary/aromatic N) is 1. The number of piperidine rings is 1. The summed E-state index contributed by atoms with van der Waals surface area (Å²) in [6.07, 6.45) is 2.71. The number of amides is 1. The highest BCUT2D eigenvalue weighted by Gasteiger charge is 2.27. The van der Waals surface area contributed by atoms with Gasteiger partial charge in [0, 0.05) is 26.2 Å². The number of hydrogen-bond acceptors (Lipinski definition) is 3. The number of hydrogen-bond donors (Lipinski definition) is 2. The smallest absolute Gasteiger partial charge is 0.226 e. The minimum absolute atomic E-state index is 0.0272. The maximum atomic E-state index is 12.2. The molecule has 1 rings (SSSR count). The summed E-state index contributed by atoms with van der Waals surface area (Å²) in [6.45, 7) is 6.48. The van der Waals surface area contributed by atoms with Crippen LogP contribution in [-0.4, -0.2) is 42.2 Å². The molecule has 1 saturated heterocycles. The fraction of sp³-hybridized carbons (Fsp3) is 0.923. The maximum Gasteiger partial charge on any atom is 0.226 e. The number of aliphatic hydroxyl groups is 1. The van der Waals surface area contributed by atoms with Crippen LogP contribution in [0.15, 0.2) is 0 Å². The fourth-order valence-electron chi connectivity index (χ4n) is 2.46. The molecule has 1 heterocycles. The van der Waals surface area contributed by atoms with Crippen LogP contribution >= 0.6 is 0 Å². The average Bonchev–Trinajstić information content (AvgIpc) is 2.35. The van der Waals surface area contributed by atoms with Crippen LogP contribution in [0.3, 0.4) is 0 Å². The van der Waals surface area contributed by atoms with Crippen molar-refractivity contribution < 1.29 is 9.90 Å². The lowest BCUT2D eigenvalue weighted by atomic mass is 9.93. The molecular weight excluding hydrogens is 216 g/mol. The third kappa shape index (κ3) is 4.28. The quantitative estimate of drug-likeness (QED) is 0.750. The van der Waals surface area contributed by atoms with Crippen molar-refractivity contribution in [2.75, 3.05) is 26.2 Å². The first-order valence-electron chi connectivity index (χ1n) is 6.68. The SMILES string of the molecule is CC(C)CC(CN)C(=O)N1CCC(CO)CC1. The lowest BCUT2D eigenvalue weighted by Crippen LogP contribution is -2.44. The molecule has 0 aromatic heterocycles. The summed E-state index contributed by atoms with van der Waals surface area (Å²) in [6, 6.07) is 0. The highest BCUT2D eigenvalue weighted by atomic mass is 16.3. The number of aliphatic hydroxyl groups excluding tert-OH is 1. The largest absolute Gasteiger partial charge is 0.396 e. The van der Waals surface area contributed by atoms with E-state index >= 15 is 0 Å². The van der Waals surface area contributed by atoms with Crippen LogP contribution < -0.4 is 5.73 Å². The fourth-order valence-corrected chi connectivity index (χ4v) is 2.46. The molecule has 1 amide bonds. The van der Waals surface area contributed by atoms with E-state index in [1.165, 1.54) is 0 Å². The maximum absolute atomic E-state index is 12.2. The van der Waals surface area contributed by atoms with Gasteiger partial charge in [0.1, 0.15) is 0 Å². The summed E-state index contributed by atoms with van der Waals surface area (Å²) in [5, 5.41) is 9.07.